The van der Waals surface area contributed by atoms with Crippen LogP contribution in [0.15, 0.2) is 23.1 Å². The van der Waals surface area contributed by atoms with Crippen LogP contribution in [-0.4, -0.2) is 39.4 Å². The molecule has 7 heteroatoms. The smallest absolute Gasteiger partial charge is 0.307 e. The Balaban J connectivity index is 2.33. The Hall–Kier alpha value is -1.60. The summed E-state index contributed by atoms with van der Waals surface area (Å²) >= 11 is 0. The van der Waals surface area contributed by atoms with Crippen molar-refractivity contribution in [3.8, 4) is 5.75 Å². The van der Waals surface area contributed by atoms with Crippen LogP contribution in [0.3, 0.4) is 0 Å². The van der Waals surface area contributed by atoms with E-state index in [-0.39, 0.29) is 10.9 Å². The van der Waals surface area contributed by atoms with Crippen molar-refractivity contribution >= 4 is 15.8 Å². The second-order valence-corrected chi connectivity index (χ2v) is 6.90. The zero-order chi connectivity index (χ0) is 14.9. The van der Waals surface area contributed by atoms with Gasteiger partial charge in [0.1, 0.15) is 10.6 Å². The van der Waals surface area contributed by atoms with Gasteiger partial charge in [-0.3, -0.25) is 4.79 Å². The van der Waals surface area contributed by atoms with Crippen LogP contribution >= 0.6 is 0 Å². The second-order valence-electron chi connectivity index (χ2n) is 4.91. The Kier molecular flexibility index (Phi) is 4.01. The van der Waals surface area contributed by atoms with E-state index in [2.05, 4.69) is 5.32 Å². The van der Waals surface area contributed by atoms with Crippen LogP contribution in [0.4, 0.5) is 0 Å². The van der Waals surface area contributed by atoms with Crippen LogP contribution in [0, 0.1) is 5.92 Å². The van der Waals surface area contributed by atoms with Gasteiger partial charge in [-0.15, -0.1) is 0 Å². The summed E-state index contributed by atoms with van der Waals surface area (Å²) < 4.78 is 28.6. The largest absolute Gasteiger partial charge is 0.495 e. The Morgan fingerprint density at radius 2 is 2.15 bits per heavy atom. The van der Waals surface area contributed by atoms with Crippen molar-refractivity contribution in [3.05, 3.63) is 23.8 Å². The number of sulfone groups is 1. The quantitative estimate of drug-likeness (QED) is 0.855. The number of hydrogen-bond donors (Lipinski definition) is 2. The van der Waals surface area contributed by atoms with Crippen LogP contribution < -0.4 is 10.1 Å². The lowest BCUT2D eigenvalue weighted by Crippen LogP contribution is -2.17. The van der Waals surface area contributed by atoms with E-state index in [4.69, 9.17) is 9.84 Å². The van der Waals surface area contributed by atoms with E-state index < -0.39 is 21.7 Å². The summed E-state index contributed by atoms with van der Waals surface area (Å²) in [5.41, 5.74) is 0.759. The van der Waals surface area contributed by atoms with Gasteiger partial charge in [0.15, 0.2) is 9.84 Å². The third-order valence-electron chi connectivity index (χ3n) is 3.47. The topological polar surface area (TPSA) is 92.7 Å². The molecule has 1 saturated heterocycles. The molecule has 0 amide bonds. The summed E-state index contributed by atoms with van der Waals surface area (Å²) in [6.45, 7) is 0.389. The van der Waals surface area contributed by atoms with E-state index in [1.165, 1.54) is 7.11 Å². The van der Waals surface area contributed by atoms with Gasteiger partial charge in [-0.1, -0.05) is 6.07 Å². The highest BCUT2D eigenvalue weighted by molar-refractivity contribution is 7.90. The molecule has 2 unspecified atom stereocenters. The third-order valence-corrected chi connectivity index (χ3v) is 4.59. The van der Waals surface area contributed by atoms with Gasteiger partial charge >= 0.3 is 5.97 Å². The van der Waals surface area contributed by atoms with Gasteiger partial charge in [-0.2, -0.15) is 0 Å². The summed E-state index contributed by atoms with van der Waals surface area (Å²) in [5.74, 6) is -0.982. The zero-order valence-corrected chi connectivity index (χ0v) is 12.1. The highest BCUT2D eigenvalue weighted by Gasteiger charge is 2.30. The number of hydrogen-bond acceptors (Lipinski definition) is 5. The van der Waals surface area contributed by atoms with Gasteiger partial charge in [0.2, 0.25) is 0 Å². The van der Waals surface area contributed by atoms with Gasteiger partial charge < -0.3 is 15.2 Å². The predicted molar refractivity (Wildman–Crippen MR) is 72.6 cm³/mol. The molecule has 1 aliphatic heterocycles. The molecule has 1 aromatic rings. The molecule has 1 aliphatic rings. The third kappa shape index (κ3) is 2.94. The van der Waals surface area contributed by atoms with Crippen molar-refractivity contribution in [1.29, 1.82) is 0 Å². The minimum atomic E-state index is -3.40. The van der Waals surface area contributed by atoms with Crippen molar-refractivity contribution in [2.45, 2.75) is 17.4 Å². The number of ether oxygens (including phenoxy) is 1. The number of nitrogens with one attached hydrogen (secondary N) is 1. The SMILES string of the molecule is COc1ccc(C2CC(C(=O)O)CN2)cc1S(C)(=O)=O. The Bertz CT molecular complexity index is 626. The van der Waals surface area contributed by atoms with Gasteiger partial charge in [-0.05, 0) is 24.1 Å². The predicted octanol–water partition coefficient (Wildman–Crippen LogP) is 0.834. The lowest BCUT2D eigenvalue weighted by atomic mass is 10.00. The van der Waals surface area contributed by atoms with Crippen molar-refractivity contribution in [2.75, 3.05) is 19.9 Å². The van der Waals surface area contributed by atoms with Gasteiger partial charge in [0.05, 0.1) is 13.0 Å². The summed E-state index contributed by atoms with van der Waals surface area (Å²) in [6, 6.07) is 4.76. The number of carboxylic acid groups (broad SMARTS) is 1. The molecule has 20 heavy (non-hydrogen) atoms. The number of methoxy groups -OCH3 is 1. The number of carbonyl (C=O) groups is 1. The Morgan fingerprint density at radius 3 is 2.65 bits per heavy atom. The monoisotopic (exact) mass is 299 g/mol. The maximum Gasteiger partial charge on any atom is 0.307 e. The fraction of sp³-hybridized carbons (Fsp3) is 0.462. The lowest BCUT2D eigenvalue weighted by molar-refractivity contribution is -0.141. The van der Waals surface area contributed by atoms with E-state index in [9.17, 15) is 13.2 Å². The highest BCUT2D eigenvalue weighted by atomic mass is 32.2. The van der Waals surface area contributed by atoms with Crippen LogP contribution in [0.25, 0.3) is 0 Å². The van der Waals surface area contributed by atoms with Gasteiger partial charge in [0.25, 0.3) is 0 Å². The molecule has 0 saturated carbocycles. The number of rotatable bonds is 4. The Labute approximate surface area is 117 Å². The lowest BCUT2D eigenvalue weighted by Gasteiger charge is -2.14. The zero-order valence-electron chi connectivity index (χ0n) is 11.3. The van der Waals surface area contributed by atoms with E-state index in [1.807, 2.05) is 0 Å². The maximum atomic E-state index is 11.8. The van der Waals surface area contributed by atoms with Crippen molar-refractivity contribution in [3.63, 3.8) is 0 Å². The molecular formula is C13H17NO5S. The maximum absolute atomic E-state index is 11.8. The fourth-order valence-corrected chi connectivity index (χ4v) is 3.24. The molecule has 6 nitrogen and oxygen atoms in total. The van der Waals surface area contributed by atoms with Crippen LogP contribution in [0.2, 0.25) is 0 Å². The highest BCUT2D eigenvalue weighted by Crippen LogP contribution is 2.32. The molecule has 0 spiro atoms. The molecule has 2 atom stereocenters. The van der Waals surface area contributed by atoms with Crippen LogP contribution in [0.5, 0.6) is 5.75 Å². The molecule has 2 rings (SSSR count). The van der Waals surface area contributed by atoms with Crippen LogP contribution in [-0.2, 0) is 14.6 Å². The molecule has 0 radical (unpaired) electrons. The summed E-state index contributed by atoms with van der Waals surface area (Å²) in [6.07, 6.45) is 1.57. The first-order valence-corrected chi connectivity index (χ1v) is 8.06. The Morgan fingerprint density at radius 1 is 1.45 bits per heavy atom. The average Bonchev–Trinajstić information content (AvgIpc) is 2.86. The van der Waals surface area contributed by atoms with Crippen molar-refractivity contribution < 1.29 is 23.1 Å². The molecule has 1 aromatic carbocycles. The van der Waals surface area contributed by atoms with E-state index >= 15 is 0 Å². The van der Waals surface area contributed by atoms with Crippen molar-refractivity contribution in [1.82, 2.24) is 5.32 Å². The summed E-state index contributed by atoms with van der Waals surface area (Å²) in [5, 5.41) is 12.1. The molecule has 2 N–H and O–H groups in total. The van der Waals surface area contributed by atoms with E-state index in [0.29, 0.717) is 18.7 Å². The fourth-order valence-electron chi connectivity index (χ4n) is 2.38. The first kappa shape index (κ1) is 14.8. The molecule has 1 fully saturated rings. The standard InChI is InChI=1S/C13H17NO5S/c1-19-11-4-3-8(6-12(11)20(2,17)18)10-5-9(7-14-10)13(15)16/h3-4,6,9-10,14H,5,7H2,1-2H3,(H,15,16). The summed E-state index contributed by atoms with van der Waals surface area (Å²) in [4.78, 5) is 11.1. The molecule has 1 heterocycles. The van der Waals surface area contributed by atoms with Gasteiger partial charge in [0, 0.05) is 18.8 Å². The van der Waals surface area contributed by atoms with Crippen LogP contribution in [0.1, 0.15) is 18.0 Å². The average molecular weight is 299 g/mol. The molecule has 0 aliphatic carbocycles. The number of benzene rings is 1. The minimum absolute atomic E-state index is 0.123. The molecular weight excluding hydrogens is 282 g/mol. The minimum Gasteiger partial charge on any atom is -0.495 e. The normalized spacial score (nSPS) is 22.7. The second kappa shape index (κ2) is 5.41. The first-order chi connectivity index (χ1) is 9.32. The molecule has 0 bridgehead atoms. The van der Waals surface area contributed by atoms with E-state index in [1.54, 1.807) is 18.2 Å². The molecule has 110 valence electrons. The van der Waals surface area contributed by atoms with Gasteiger partial charge in [-0.25, -0.2) is 8.42 Å². The first-order valence-electron chi connectivity index (χ1n) is 6.17. The molecule has 0 aromatic heterocycles. The number of aliphatic carboxylic acids is 1. The van der Waals surface area contributed by atoms with E-state index in [0.717, 1.165) is 11.8 Å². The number of carboxylic acids is 1. The van der Waals surface area contributed by atoms with Crippen molar-refractivity contribution in [2.24, 2.45) is 5.92 Å². The summed E-state index contributed by atoms with van der Waals surface area (Å²) in [7, 11) is -1.98.